The Morgan fingerprint density at radius 2 is 1.96 bits per heavy atom. The molecule has 0 aliphatic rings. The second-order valence-corrected chi connectivity index (χ2v) is 7.52. The smallest absolute Gasteiger partial charge is 0.286 e. The summed E-state index contributed by atoms with van der Waals surface area (Å²) in [5, 5.41) is 2.46. The van der Waals surface area contributed by atoms with Crippen molar-refractivity contribution >= 4 is 23.2 Å². The standard InChI is InChI=1S/C20H19FN2O3S/c1-12-4-5-16(27-12)11-23(3)20(25)14-8-13(9-15(21)10-14)17-6-7-18(26-17)19(24)22-2/h4-10H,11H2,1-3H3,(H,22,24). The maximum absolute atomic E-state index is 14.1. The lowest BCUT2D eigenvalue weighted by atomic mass is 10.1. The number of hydrogen-bond donors (Lipinski definition) is 1. The lowest BCUT2D eigenvalue weighted by Crippen LogP contribution is -2.25. The van der Waals surface area contributed by atoms with Crippen LogP contribution >= 0.6 is 11.3 Å². The van der Waals surface area contributed by atoms with Gasteiger partial charge in [0.25, 0.3) is 11.8 Å². The Hall–Kier alpha value is -2.93. The molecule has 0 aliphatic carbocycles. The van der Waals surface area contributed by atoms with E-state index in [4.69, 9.17) is 4.42 Å². The van der Waals surface area contributed by atoms with Gasteiger partial charge in [-0.05, 0) is 49.4 Å². The van der Waals surface area contributed by atoms with E-state index in [2.05, 4.69) is 5.32 Å². The van der Waals surface area contributed by atoms with Crippen molar-refractivity contribution in [2.24, 2.45) is 0 Å². The highest BCUT2D eigenvalue weighted by molar-refractivity contribution is 7.11. The second-order valence-electron chi connectivity index (χ2n) is 6.15. The molecule has 1 N–H and O–H groups in total. The molecule has 0 bridgehead atoms. The Balaban J connectivity index is 1.85. The number of thiophene rings is 1. The van der Waals surface area contributed by atoms with E-state index in [1.54, 1.807) is 35.4 Å². The van der Waals surface area contributed by atoms with Gasteiger partial charge in [-0.15, -0.1) is 11.3 Å². The molecule has 0 saturated carbocycles. The van der Waals surface area contributed by atoms with Crippen molar-refractivity contribution in [1.82, 2.24) is 10.2 Å². The summed E-state index contributed by atoms with van der Waals surface area (Å²) in [6.45, 7) is 2.45. The minimum Gasteiger partial charge on any atom is -0.451 e. The molecule has 1 aromatic carbocycles. The number of nitrogens with one attached hydrogen (secondary N) is 1. The zero-order valence-electron chi connectivity index (χ0n) is 15.2. The molecule has 0 aliphatic heterocycles. The topological polar surface area (TPSA) is 62.6 Å². The third-order valence-corrected chi connectivity index (χ3v) is 5.01. The molecular formula is C20H19FN2O3S. The molecule has 0 fully saturated rings. The zero-order chi connectivity index (χ0) is 19.6. The molecule has 3 aromatic rings. The van der Waals surface area contributed by atoms with Crippen molar-refractivity contribution in [1.29, 1.82) is 0 Å². The highest BCUT2D eigenvalue weighted by atomic mass is 32.1. The fraction of sp³-hybridized carbons (Fsp3) is 0.200. The quantitative estimate of drug-likeness (QED) is 0.718. The van der Waals surface area contributed by atoms with Crippen LogP contribution in [0, 0.1) is 12.7 Å². The number of carbonyl (C=O) groups is 2. The second kappa shape index (κ2) is 7.75. The van der Waals surface area contributed by atoms with Gasteiger partial charge in [0.1, 0.15) is 11.6 Å². The Labute approximate surface area is 160 Å². The van der Waals surface area contributed by atoms with Crippen molar-refractivity contribution in [3.05, 3.63) is 69.4 Å². The van der Waals surface area contributed by atoms with Crippen molar-refractivity contribution in [2.75, 3.05) is 14.1 Å². The molecule has 0 atom stereocenters. The first kappa shape index (κ1) is 18.8. The third-order valence-electron chi connectivity index (χ3n) is 4.02. The number of benzene rings is 1. The Bertz CT molecular complexity index is 993. The fourth-order valence-electron chi connectivity index (χ4n) is 2.69. The van der Waals surface area contributed by atoms with Crippen LogP contribution in [-0.4, -0.2) is 30.8 Å². The highest BCUT2D eigenvalue weighted by Gasteiger charge is 2.17. The maximum atomic E-state index is 14.1. The lowest BCUT2D eigenvalue weighted by molar-refractivity contribution is 0.0785. The normalized spacial score (nSPS) is 10.7. The summed E-state index contributed by atoms with van der Waals surface area (Å²) in [5.41, 5.74) is 0.618. The molecule has 0 spiro atoms. The molecule has 0 saturated heterocycles. The van der Waals surface area contributed by atoms with Crippen molar-refractivity contribution in [3.63, 3.8) is 0 Å². The van der Waals surface area contributed by atoms with Crippen LogP contribution in [0.3, 0.4) is 0 Å². The van der Waals surface area contributed by atoms with Gasteiger partial charge in [-0.3, -0.25) is 9.59 Å². The molecule has 27 heavy (non-hydrogen) atoms. The van der Waals surface area contributed by atoms with Crippen LogP contribution < -0.4 is 5.32 Å². The third kappa shape index (κ3) is 4.25. The molecule has 0 unspecified atom stereocenters. The molecule has 2 heterocycles. The molecular weight excluding hydrogens is 367 g/mol. The van der Waals surface area contributed by atoms with Crippen LogP contribution in [0.1, 0.15) is 30.7 Å². The molecule has 3 rings (SSSR count). The van der Waals surface area contributed by atoms with Gasteiger partial charge >= 0.3 is 0 Å². The lowest BCUT2D eigenvalue weighted by Gasteiger charge is -2.16. The number of halogens is 1. The van der Waals surface area contributed by atoms with Gasteiger partial charge in [0.15, 0.2) is 5.76 Å². The van der Waals surface area contributed by atoms with Gasteiger partial charge in [-0.25, -0.2) is 4.39 Å². The summed E-state index contributed by atoms with van der Waals surface area (Å²) in [6, 6.07) is 11.1. The summed E-state index contributed by atoms with van der Waals surface area (Å²) < 4.78 is 19.6. The minimum atomic E-state index is -0.547. The molecule has 2 aromatic heterocycles. The van der Waals surface area contributed by atoms with E-state index >= 15 is 0 Å². The monoisotopic (exact) mass is 386 g/mol. The Morgan fingerprint density at radius 3 is 2.63 bits per heavy atom. The maximum Gasteiger partial charge on any atom is 0.286 e. The fourth-order valence-corrected chi connectivity index (χ4v) is 3.63. The number of hydrogen-bond acceptors (Lipinski definition) is 4. The van der Waals surface area contributed by atoms with E-state index in [1.807, 2.05) is 19.1 Å². The zero-order valence-corrected chi connectivity index (χ0v) is 16.0. The largest absolute Gasteiger partial charge is 0.451 e. The first-order valence-electron chi connectivity index (χ1n) is 8.31. The summed E-state index contributed by atoms with van der Waals surface area (Å²) in [7, 11) is 3.17. The number of rotatable bonds is 5. The first-order chi connectivity index (χ1) is 12.9. The van der Waals surface area contributed by atoms with Crippen LogP contribution in [0.4, 0.5) is 4.39 Å². The average molecular weight is 386 g/mol. The van der Waals surface area contributed by atoms with E-state index in [-0.39, 0.29) is 23.1 Å². The van der Waals surface area contributed by atoms with Gasteiger partial charge in [-0.2, -0.15) is 0 Å². The van der Waals surface area contributed by atoms with Gasteiger partial charge in [0.2, 0.25) is 0 Å². The first-order valence-corrected chi connectivity index (χ1v) is 9.12. The van der Waals surface area contributed by atoms with E-state index in [9.17, 15) is 14.0 Å². The van der Waals surface area contributed by atoms with E-state index in [0.29, 0.717) is 17.9 Å². The summed E-state index contributed by atoms with van der Waals surface area (Å²) >= 11 is 1.62. The van der Waals surface area contributed by atoms with Crippen LogP contribution in [0.25, 0.3) is 11.3 Å². The molecule has 140 valence electrons. The summed E-state index contributed by atoms with van der Waals surface area (Å²) in [5.74, 6) is -0.776. The SMILES string of the molecule is CNC(=O)c1ccc(-c2cc(F)cc(C(=O)N(C)Cc3ccc(C)s3)c2)o1. The number of nitrogens with zero attached hydrogens (tertiary/aromatic N) is 1. The number of aryl methyl sites for hydroxylation is 1. The molecule has 0 radical (unpaired) electrons. The van der Waals surface area contributed by atoms with Gasteiger partial charge in [-0.1, -0.05) is 0 Å². The Morgan fingerprint density at radius 1 is 1.19 bits per heavy atom. The number of furan rings is 1. The van der Waals surface area contributed by atoms with Gasteiger partial charge in [0.05, 0.1) is 6.54 Å². The van der Waals surface area contributed by atoms with Crippen LogP contribution in [0.5, 0.6) is 0 Å². The molecule has 2 amide bonds. The predicted molar refractivity (Wildman–Crippen MR) is 102 cm³/mol. The van der Waals surface area contributed by atoms with Crippen LogP contribution in [-0.2, 0) is 6.54 Å². The van der Waals surface area contributed by atoms with Crippen molar-refractivity contribution in [2.45, 2.75) is 13.5 Å². The number of carbonyl (C=O) groups excluding carboxylic acids is 2. The van der Waals surface area contributed by atoms with Gasteiger partial charge < -0.3 is 14.6 Å². The average Bonchev–Trinajstić information content (AvgIpc) is 3.29. The van der Waals surface area contributed by atoms with E-state index < -0.39 is 5.82 Å². The van der Waals surface area contributed by atoms with Crippen LogP contribution in [0.2, 0.25) is 0 Å². The predicted octanol–water partition coefficient (Wildman–Crippen LogP) is 4.09. The number of amides is 2. The molecule has 7 heteroatoms. The van der Waals surface area contributed by atoms with Crippen molar-refractivity contribution in [3.8, 4) is 11.3 Å². The van der Waals surface area contributed by atoms with Crippen molar-refractivity contribution < 1.29 is 18.4 Å². The van der Waals surface area contributed by atoms with Gasteiger partial charge in [0, 0.05) is 35.0 Å². The Kier molecular flexibility index (Phi) is 5.41. The highest BCUT2D eigenvalue weighted by Crippen LogP contribution is 2.25. The summed E-state index contributed by atoms with van der Waals surface area (Å²) in [4.78, 5) is 28.1. The minimum absolute atomic E-state index is 0.120. The molecule has 5 nitrogen and oxygen atoms in total. The van der Waals surface area contributed by atoms with E-state index in [0.717, 1.165) is 4.88 Å². The summed E-state index contributed by atoms with van der Waals surface area (Å²) in [6.07, 6.45) is 0. The van der Waals surface area contributed by atoms with E-state index in [1.165, 1.54) is 30.1 Å². The van der Waals surface area contributed by atoms with Crippen LogP contribution in [0.15, 0.2) is 46.9 Å².